The van der Waals surface area contributed by atoms with Crippen molar-refractivity contribution in [2.75, 3.05) is 0 Å². The summed E-state index contributed by atoms with van der Waals surface area (Å²) >= 11 is 1.46. The third-order valence-electron chi connectivity index (χ3n) is 8.40. The molecule has 6 rings (SSSR count). The molecule has 5 aromatic carbocycles. The number of rotatable bonds is 4. The van der Waals surface area contributed by atoms with Crippen LogP contribution in [0, 0.1) is 0 Å². The molecule has 44 heavy (non-hydrogen) atoms. The van der Waals surface area contributed by atoms with Crippen LogP contribution in [0.25, 0.3) is 27.1 Å². The van der Waals surface area contributed by atoms with E-state index in [9.17, 15) is 0 Å². The quantitative estimate of drug-likeness (QED) is 0.226. The van der Waals surface area contributed by atoms with Crippen molar-refractivity contribution in [2.24, 2.45) is 0 Å². The molecule has 0 radical (unpaired) electrons. The Balaban J connectivity index is 0.000000280. The van der Waals surface area contributed by atoms with Crippen molar-refractivity contribution in [3.63, 3.8) is 0 Å². The van der Waals surface area contributed by atoms with Crippen LogP contribution in [0.1, 0.15) is 89.1 Å². The molecule has 0 aromatic heterocycles. The van der Waals surface area contributed by atoms with Gasteiger partial charge in [0.15, 0.2) is 0 Å². The average molecular weight is 698 g/mol. The number of benzene rings is 4. The molecule has 0 heterocycles. The number of halogens is 2. The van der Waals surface area contributed by atoms with Gasteiger partial charge >= 0.3 is 99.2 Å². The molecule has 0 amide bonds. The summed E-state index contributed by atoms with van der Waals surface area (Å²) in [6, 6.07) is 35.3. The summed E-state index contributed by atoms with van der Waals surface area (Å²) in [5, 5.41) is 5.58. The van der Waals surface area contributed by atoms with Gasteiger partial charge in [-0.15, -0.1) is 33.7 Å². The number of hydrogen-bond donors (Lipinski definition) is 0. The third-order valence-corrected chi connectivity index (χ3v) is 9.82. The van der Waals surface area contributed by atoms with Gasteiger partial charge in [0.05, 0.1) is 0 Å². The Morgan fingerprint density at radius 2 is 1.30 bits per heavy atom. The van der Waals surface area contributed by atoms with Crippen molar-refractivity contribution < 1.29 is 49.0 Å². The first-order chi connectivity index (χ1) is 20.0. The van der Waals surface area contributed by atoms with Crippen molar-refractivity contribution in [3.05, 3.63) is 143 Å². The third kappa shape index (κ3) is 7.67. The normalized spacial score (nSPS) is 12.9. The van der Waals surface area contributed by atoms with Gasteiger partial charge in [-0.25, -0.2) is 0 Å². The van der Waals surface area contributed by atoms with E-state index in [1.54, 1.807) is 0 Å². The Morgan fingerprint density at radius 1 is 0.727 bits per heavy atom. The molecular formula is C41H43Cl2Zr-. The first kappa shape index (κ1) is 36.0. The predicted octanol–water partition coefficient (Wildman–Crippen LogP) is 5.24. The van der Waals surface area contributed by atoms with Gasteiger partial charge in [-0.1, -0.05) is 113 Å². The maximum absolute atomic E-state index is 2.45. The summed E-state index contributed by atoms with van der Waals surface area (Å²) in [4.78, 5) is 0. The summed E-state index contributed by atoms with van der Waals surface area (Å²) in [7, 11) is 0. The van der Waals surface area contributed by atoms with Crippen LogP contribution < -0.4 is 24.8 Å². The Kier molecular flexibility index (Phi) is 12.1. The molecule has 0 saturated heterocycles. The predicted molar refractivity (Wildman–Crippen MR) is 182 cm³/mol. The minimum atomic E-state index is 0. The fourth-order valence-corrected chi connectivity index (χ4v) is 6.84. The molecule has 0 bridgehead atoms. The second kappa shape index (κ2) is 14.8. The van der Waals surface area contributed by atoms with E-state index in [4.69, 9.17) is 0 Å². The molecule has 1 aliphatic carbocycles. The summed E-state index contributed by atoms with van der Waals surface area (Å²) in [5.41, 5.74) is 10.3. The van der Waals surface area contributed by atoms with Crippen LogP contribution in [0.2, 0.25) is 0 Å². The molecular weight excluding hydrogens is 655 g/mol. The Morgan fingerprint density at radius 3 is 1.82 bits per heavy atom. The van der Waals surface area contributed by atoms with Gasteiger partial charge in [-0.05, 0) is 23.7 Å². The number of allylic oxidation sites excluding steroid dienone is 4. The molecule has 0 saturated carbocycles. The Labute approximate surface area is 292 Å². The molecule has 0 spiro atoms. The van der Waals surface area contributed by atoms with E-state index in [0.29, 0.717) is 0 Å². The second-order valence-corrected chi connectivity index (χ2v) is 14.7. The molecule has 0 fully saturated rings. The topological polar surface area (TPSA) is 0 Å². The van der Waals surface area contributed by atoms with Crippen molar-refractivity contribution in [3.8, 4) is 0 Å². The van der Waals surface area contributed by atoms with E-state index < -0.39 is 0 Å². The SMILES string of the molecule is CCC1=C(c2c(C(C)(C)C)ccc3c2[cH-]c2cc(C(C)(C)C)ccc23)CC=C1.[Cl-].[Cl-].[Zr+2]=[C](c1ccccc1)c1ccccc1. The number of fused-ring (bicyclic) bond motifs is 3. The molecule has 226 valence electrons. The van der Waals surface area contributed by atoms with Crippen LogP contribution >= 0.6 is 0 Å². The van der Waals surface area contributed by atoms with E-state index in [0.717, 1.165) is 12.8 Å². The van der Waals surface area contributed by atoms with Crippen LogP contribution in [0.3, 0.4) is 0 Å². The molecule has 5 aromatic rings. The van der Waals surface area contributed by atoms with Gasteiger partial charge in [0.1, 0.15) is 0 Å². The molecule has 3 heteroatoms. The Bertz CT molecular complexity index is 1750. The summed E-state index contributed by atoms with van der Waals surface area (Å²) in [6.07, 6.45) is 6.82. The monoisotopic (exact) mass is 695 g/mol. The van der Waals surface area contributed by atoms with E-state index in [-0.39, 0.29) is 35.6 Å². The van der Waals surface area contributed by atoms with Gasteiger partial charge in [0.2, 0.25) is 0 Å². The van der Waals surface area contributed by atoms with E-state index >= 15 is 0 Å². The molecule has 0 aliphatic heterocycles. The van der Waals surface area contributed by atoms with Crippen LogP contribution in [0.5, 0.6) is 0 Å². The van der Waals surface area contributed by atoms with Gasteiger partial charge < -0.3 is 24.8 Å². The zero-order chi connectivity index (χ0) is 30.1. The van der Waals surface area contributed by atoms with Crippen LogP contribution in [-0.4, -0.2) is 3.21 Å². The van der Waals surface area contributed by atoms with Crippen LogP contribution in [-0.2, 0) is 35.1 Å². The van der Waals surface area contributed by atoms with E-state index in [1.807, 2.05) is 0 Å². The van der Waals surface area contributed by atoms with Gasteiger partial charge in [0, 0.05) is 0 Å². The maximum atomic E-state index is 2.45. The van der Waals surface area contributed by atoms with Gasteiger partial charge in [0.25, 0.3) is 0 Å². The molecule has 0 N–H and O–H groups in total. The fourth-order valence-electron chi connectivity index (χ4n) is 6.02. The minimum absolute atomic E-state index is 0. The van der Waals surface area contributed by atoms with Gasteiger partial charge in [-0.3, -0.25) is 0 Å². The van der Waals surface area contributed by atoms with E-state index in [1.165, 1.54) is 87.9 Å². The van der Waals surface area contributed by atoms with Crippen molar-refractivity contribution in [2.45, 2.75) is 72.1 Å². The second-order valence-electron chi connectivity index (χ2n) is 13.5. The van der Waals surface area contributed by atoms with E-state index in [2.05, 4.69) is 158 Å². The van der Waals surface area contributed by atoms with Crippen LogP contribution in [0.15, 0.2) is 115 Å². The zero-order valence-corrected chi connectivity index (χ0v) is 31.0. The van der Waals surface area contributed by atoms with Crippen LogP contribution in [0.4, 0.5) is 0 Å². The zero-order valence-electron chi connectivity index (χ0n) is 27.1. The fraction of sp³-hybridized carbons (Fsp3) is 0.268. The van der Waals surface area contributed by atoms with Crippen molar-refractivity contribution in [1.82, 2.24) is 0 Å². The average Bonchev–Trinajstić information content (AvgIpc) is 3.60. The number of hydrogen-bond acceptors (Lipinski definition) is 0. The molecule has 0 nitrogen and oxygen atoms in total. The Hall–Kier alpha value is -2.44. The standard InChI is InChI=1S/C28H33.C13H10.2ClH.Zr/c1-8-18-10-9-11-22(18)26-24-17-19-16-20(27(2,3)4)12-13-21(19)23(24)14-15-25(26)28(5,6)7;1-3-7-12(8-4-1)11-13-9-5-2-6-10-13;;;/h9-10,12-17H,8,11H2,1-7H3;1-10H;2*1H;/q-1;;;;+2/p-2. The van der Waals surface area contributed by atoms with Crippen molar-refractivity contribution >= 4 is 30.3 Å². The molecule has 0 unspecified atom stereocenters. The first-order valence-electron chi connectivity index (χ1n) is 15.2. The summed E-state index contributed by atoms with van der Waals surface area (Å²) < 4.78 is 1.42. The summed E-state index contributed by atoms with van der Waals surface area (Å²) in [5.74, 6) is 0. The molecule has 0 atom stereocenters. The summed E-state index contributed by atoms with van der Waals surface area (Å²) in [6.45, 7) is 16.2. The molecule has 1 aliphatic rings. The van der Waals surface area contributed by atoms with Crippen molar-refractivity contribution in [1.29, 1.82) is 0 Å². The van der Waals surface area contributed by atoms with Gasteiger partial charge in [-0.2, -0.15) is 0 Å². The first-order valence-corrected chi connectivity index (χ1v) is 16.5.